The van der Waals surface area contributed by atoms with Crippen molar-refractivity contribution >= 4 is 23.8 Å². The molecule has 1 aromatic rings. The smallest absolute Gasteiger partial charge is 0.325 e. The molecule has 26 heavy (non-hydrogen) atoms. The summed E-state index contributed by atoms with van der Waals surface area (Å²) in [4.78, 5) is 48.4. The van der Waals surface area contributed by atoms with Crippen molar-refractivity contribution in [1.29, 1.82) is 0 Å². The van der Waals surface area contributed by atoms with Crippen molar-refractivity contribution in [2.75, 3.05) is 20.2 Å². The highest BCUT2D eigenvalue weighted by Crippen LogP contribution is 2.30. The number of carbonyl (C=O) groups is 4. The van der Waals surface area contributed by atoms with Gasteiger partial charge in [0.1, 0.15) is 17.9 Å². The van der Waals surface area contributed by atoms with Crippen molar-refractivity contribution in [2.45, 2.75) is 25.3 Å². The van der Waals surface area contributed by atoms with Crippen LogP contribution in [0.25, 0.3) is 0 Å². The maximum atomic E-state index is 14.0. The molecule has 1 atom stereocenters. The van der Waals surface area contributed by atoms with Gasteiger partial charge in [0.15, 0.2) is 0 Å². The third-order valence-electron chi connectivity index (χ3n) is 4.10. The lowest BCUT2D eigenvalue weighted by molar-refractivity contribution is -0.140. The lowest BCUT2D eigenvalue weighted by Gasteiger charge is -2.22. The number of esters is 1. The first kappa shape index (κ1) is 19.4. The number of hydrogen-bond donors (Lipinski definition) is 2. The molecule has 0 aromatic heterocycles. The van der Waals surface area contributed by atoms with Crippen molar-refractivity contribution in [3.63, 3.8) is 0 Å². The molecule has 0 radical (unpaired) electrons. The van der Waals surface area contributed by atoms with Crippen LogP contribution in [-0.4, -0.2) is 48.9 Å². The summed E-state index contributed by atoms with van der Waals surface area (Å²) in [5.74, 6) is -2.29. The second-order valence-corrected chi connectivity index (χ2v) is 5.96. The second-order valence-electron chi connectivity index (χ2n) is 5.96. The highest BCUT2D eigenvalue weighted by Gasteiger charge is 2.50. The maximum absolute atomic E-state index is 14.0. The van der Waals surface area contributed by atoms with Gasteiger partial charge in [0.2, 0.25) is 5.91 Å². The van der Waals surface area contributed by atoms with Gasteiger partial charge in [-0.05, 0) is 19.4 Å². The average molecular weight is 365 g/mol. The van der Waals surface area contributed by atoms with E-state index in [1.807, 2.05) is 0 Å². The van der Waals surface area contributed by atoms with E-state index >= 15 is 0 Å². The minimum absolute atomic E-state index is 0.0272. The fraction of sp³-hybridized carbons (Fsp3) is 0.412. The predicted molar refractivity (Wildman–Crippen MR) is 88.3 cm³/mol. The number of hydrogen-bond acceptors (Lipinski definition) is 5. The second kappa shape index (κ2) is 7.94. The van der Waals surface area contributed by atoms with Gasteiger partial charge in [-0.1, -0.05) is 18.2 Å². The molecule has 0 spiro atoms. The molecule has 0 aliphatic carbocycles. The Kier molecular flexibility index (Phi) is 5.91. The molecule has 2 rings (SSSR count). The number of amides is 4. The lowest BCUT2D eigenvalue weighted by atomic mass is 9.91. The SMILES string of the molecule is COC(=O)CCCNC(=O)CN1C(=O)NC(C)(c2ccccc2F)C1=O. The first-order valence-electron chi connectivity index (χ1n) is 8.02. The van der Waals surface area contributed by atoms with Gasteiger partial charge in [-0.3, -0.25) is 19.3 Å². The van der Waals surface area contributed by atoms with Crippen LogP contribution < -0.4 is 10.6 Å². The van der Waals surface area contributed by atoms with Crippen molar-refractivity contribution in [3.05, 3.63) is 35.6 Å². The minimum Gasteiger partial charge on any atom is -0.469 e. The van der Waals surface area contributed by atoms with Crippen LogP contribution in [0.5, 0.6) is 0 Å². The van der Waals surface area contributed by atoms with E-state index in [1.54, 1.807) is 6.07 Å². The van der Waals surface area contributed by atoms with Gasteiger partial charge in [-0.25, -0.2) is 9.18 Å². The molecule has 8 nitrogen and oxygen atoms in total. The van der Waals surface area contributed by atoms with Crippen LogP contribution in [0, 0.1) is 5.82 Å². The van der Waals surface area contributed by atoms with Crippen LogP contribution in [-0.2, 0) is 24.7 Å². The molecule has 140 valence electrons. The van der Waals surface area contributed by atoms with E-state index in [2.05, 4.69) is 15.4 Å². The summed E-state index contributed by atoms with van der Waals surface area (Å²) in [5.41, 5.74) is -1.55. The normalized spacial score (nSPS) is 19.3. The third-order valence-corrected chi connectivity index (χ3v) is 4.10. The summed E-state index contributed by atoms with van der Waals surface area (Å²) >= 11 is 0. The summed E-state index contributed by atoms with van der Waals surface area (Å²) in [5, 5.41) is 4.95. The number of nitrogens with one attached hydrogen (secondary N) is 2. The Balaban J connectivity index is 1.98. The zero-order valence-electron chi connectivity index (χ0n) is 14.5. The minimum atomic E-state index is -1.58. The Bertz CT molecular complexity index is 739. The van der Waals surface area contributed by atoms with E-state index in [1.165, 1.54) is 32.2 Å². The predicted octanol–water partition coefficient (Wildman–Crippen LogP) is 0.662. The van der Waals surface area contributed by atoms with Gasteiger partial charge in [0.05, 0.1) is 7.11 Å². The molecule has 4 amide bonds. The van der Waals surface area contributed by atoms with E-state index in [-0.39, 0.29) is 18.5 Å². The number of nitrogens with zero attached hydrogens (tertiary/aromatic N) is 1. The molecular weight excluding hydrogens is 345 g/mol. The zero-order valence-corrected chi connectivity index (χ0v) is 14.5. The standard InChI is InChI=1S/C17H20FN3O5/c1-17(11-6-3-4-7-12(11)18)15(24)21(16(25)20-17)10-13(22)19-9-5-8-14(23)26-2/h3-4,6-7H,5,8-10H2,1-2H3,(H,19,22)(H,20,25). The molecule has 2 N–H and O–H groups in total. The number of benzene rings is 1. The van der Waals surface area contributed by atoms with Gasteiger partial charge < -0.3 is 15.4 Å². The maximum Gasteiger partial charge on any atom is 0.325 e. The number of carbonyl (C=O) groups excluding carboxylic acids is 4. The number of imide groups is 1. The fourth-order valence-electron chi connectivity index (χ4n) is 2.65. The topological polar surface area (TPSA) is 105 Å². The molecule has 0 bridgehead atoms. The molecule has 1 unspecified atom stereocenters. The van der Waals surface area contributed by atoms with Crippen molar-refractivity contribution in [1.82, 2.24) is 15.5 Å². The molecule has 1 fully saturated rings. The van der Waals surface area contributed by atoms with Crippen LogP contribution in [0.3, 0.4) is 0 Å². The van der Waals surface area contributed by atoms with Crippen LogP contribution in [0.2, 0.25) is 0 Å². The number of halogens is 1. The van der Waals surface area contributed by atoms with E-state index < -0.39 is 41.7 Å². The fourth-order valence-corrected chi connectivity index (χ4v) is 2.65. The number of urea groups is 1. The summed E-state index contributed by atoms with van der Waals surface area (Å²) in [6.45, 7) is 1.09. The van der Waals surface area contributed by atoms with E-state index in [9.17, 15) is 23.6 Å². The Morgan fingerprint density at radius 1 is 1.31 bits per heavy atom. The van der Waals surface area contributed by atoms with Crippen LogP contribution in [0.4, 0.5) is 9.18 Å². The largest absolute Gasteiger partial charge is 0.469 e. The van der Waals surface area contributed by atoms with E-state index in [0.717, 1.165) is 4.90 Å². The Morgan fingerprint density at radius 2 is 2.00 bits per heavy atom. The van der Waals surface area contributed by atoms with Crippen LogP contribution in [0.15, 0.2) is 24.3 Å². The first-order valence-corrected chi connectivity index (χ1v) is 8.02. The number of ether oxygens (including phenoxy) is 1. The summed E-state index contributed by atoms with van der Waals surface area (Å²) in [7, 11) is 1.27. The highest BCUT2D eigenvalue weighted by atomic mass is 19.1. The van der Waals surface area contributed by atoms with Crippen molar-refractivity contribution in [3.8, 4) is 0 Å². The summed E-state index contributed by atoms with van der Waals surface area (Å²) in [6, 6.07) is 4.86. The number of rotatable bonds is 7. The monoisotopic (exact) mass is 365 g/mol. The van der Waals surface area contributed by atoms with Crippen molar-refractivity contribution in [2.24, 2.45) is 0 Å². The number of methoxy groups -OCH3 is 1. The molecule has 1 aromatic carbocycles. The molecule has 1 aliphatic rings. The van der Waals surface area contributed by atoms with Crippen LogP contribution >= 0.6 is 0 Å². The first-order chi connectivity index (χ1) is 12.3. The van der Waals surface area contributed by atoms with Gasteiger partial charge in [0.25, 0.3) is 5.91 Å². The molecular formula is C17H20FN3O5. The quantitative estimate of drug-likeness (QED) is 0.420. The Hall–Kier alpha value is -2.97. The molecule has 1 heterocycles. The van der Waals surface area contributed by atoms with Gasteiger partial charge in [0, 0.05) is 18.5 Å². The van der Waals surface area contributed by atoms with Crippen LogP contribution in [0.1, 0.15) is 25.3 Å². The molecule has 9 heteroatoms. The highest BCUT2D eigenvalue weighted by molar-refractivity contribution is 6.09. The third kappa shape index (κ3) is 3.98. The Morgan fingerprint density at radius 3 is 2.65 bits per heavy atom. The summed E-state index contributed by atoms with van der Waals surface area (Å²) in [6.07, 6.45) is 0.511. The lowest BCUT2D eigenvalue weighted by Crippen LogP contribution is -2.43. The summed E-state index contributed by atoms with van der Waals surface area (Å²) < 4.78 is 18.5. The van der Waals surface area contributed by atoms with Gasteiger partial charge in [-0.15, -0.1) is 0 Å². The molecule has 1 saturated heterocycles. The van der Waals surface area contributed by atoms with Gasteiger partial charge >= 0.3 is 12.0 Å². The van der Waals surface area contributed by atoms with Gasteiger partial charge in [-0.2, -0.15) is 0 Å². The Labute approximate surface area is 149 Å². The zero-order chi connectivity index (χ0) is 19.3. The molecule has 1 aliphatic heterocycles. The van der Waals surface area contributed by atoms with E-state index in [0.29, 0.717) is 6.42 Å². The average Bonchev–Trinajstić information content (AvgIpc) is 2.82. The van der Waals surface area contributed by atoms with Crippen molar-refractivity contribution < 1.29 is 28.3 Å². The van der Waals surface area contributed by atoms with E-state index in [4.69, 9.17) is 0 Å². The molecule has 0 saturated carbocycles.